The summed E-state index contributed by atoms with van der Waals surface area (Å²) in [5, 5.41) is 4.84. The third-order valence-electron chi connectivity index (χ3n) is 2.83. The number of benzene rings is 1. The average molecular weight is 368 g/mol. The Morgan fingerprint density at radius 3 is 2.68 bits per heavy atom. The number of halogens is 1. The molecule has 0 bridgehead atoms. The molecule has 0 aliphatic rings. The van der Waals surface area contributed by atoms with Gasteiger partial charge in [0, 0.05) is 7.05 Å². The smallest absolute Gasteiger partial charge is 0.430 e. The van der Waals surface area contributed by atoms with Crippen LogP contribution in [0.1, 0.15) is 5.56 Å². The molecule has 1 aromatic heterocycles. The zero-order valence-electron chi connectivity index (χ0n) is 12.0. The first kappa shape index (κ1) is 16.0. The quantitative estimate of drug-likeness (QED) is 0.825. The van der Waals surface area contributed by atoms with Crippen molar-refractivity contribution >= 4 is 22.0 Å². The first-order chi connectivity index (χ1) is 10.5. The van der Waals surface area contributed by atoms with Crippen LogP contribution >= 0.6 is 15.9 Å². The van der Waals surface area contributed by atoms with Gasteiger partial charge in [0.1, 0.15) is 6.61 Å². The predicted octanol–water partition coefficient (Wildman–Crippen LogP) is 1.92. The molecule has 0 atom stereocenters. The Kier molecular flexibility index (Phi) is 5.16. The fourth-order valence-electron chi connectivity index (χ4n) is 1.70. The minimum absolute atomic E-state index is 0.0534. The highest BCUT2D eigenvalue weighted by Crippen LogP contribution is 2.17. The van der Waals surface area contributed by atoms with Crippen molar-refractivity contribution in [2.75, 3.05) is 19.2 Å². The lowest BCUT2D eigenvalue weighted by Gasteiger charge is -2.18. The second-order valence-electron chi connectivity index (χ2n) is 4.28. The summed E-state index contributed by atoms with van der Waals surface area (Å²) in [6.07, 6.45) is 0.657. The lowest BCUT2D eigenvalue weighted by molar-refractivity contribution is 0.140. The third kappa shape index (κ3) is 3.45. The maximum Gasteiger partial charge on any atom is 0.430 e. The summed E-state index contributed by atoms with van der Waals surface area (Å²) in [7, 11) is 2.74. The zero-order chi connectivity index (χ0) is 16.1. The third-order valence-corrected chi connectivity index (χ3v) is 3.40. The number of amides is 1. The lowest BCUT2D eigenvalue weighted by atomic mass is 10.2. The van der Waals surface area contributed by atoms with Crippen LogP contribution in [0.25, 0.3) is 0 Å². The number of nitrogens with zero attached hydrogens (tertiary/aromatic N) is 3. The molecular formula is C14H14BrN3O4. The zero-order valence-corrected chi connectivity index (χ0v) is 13.6. The molecule has 8 heteroatoms. The second kappa shape index (κ2) is 7.08. The van der Waals surface area contributed by atoms with Gasteiger partial charge in [0.25, 0.3) is 0 Å². The number of aromatic nitrogens is 2. The number of carbonyl (C=O) groups is 1. The van der Waals surface area contributed by atoms with Crippen molar-refractivity contribution < 1.29 is 14.3 Å². The number of rotatable bonds is 4. The van der Waals surface area contributed by atoms with Crippen LogP contribution in [0.3, 0.4) is 0 Å². The summed E-state index contributed by atoms with van der Waals surface area (Å²) < 4.78 is 10.5. The van der Waals surface area contributed by atoms with E-state index in [4.69, 9.17) is 9.47 Å². The molecule has 0 saturated carbocycles. The summed E-state index contributed by atoms with van der Waals surface area (Å²) >= 11 is 3.15. The van der Waals surface area contributed by atoms with Crippen LogP contribution in [0, 0.1) is 0 Å². The molecule has 0 N–H and O–H groups in total. The molecule has 0 spiro atoms. The minimum atomic E-state index is -0.706. The molecule has 1 heterocycles. The maximum atomic E-state index is 12.1. The van der Waals surface area contributed by atoms with Crippen molar-refractivity contribution in [2.24, 2.45) is 0 Å². The number of methoxy groups -OCH3 is 1. The van der Waals surface area contributed by atoms with Gasteiger partial charge in [-0.2, -0.15) is 10.1 Å². The first-order valence-electron chi connectivity index (χ1n) is 6.31. The van der Waals surface area contributed by atoms with Crippen molar-refractivity contribution in [1.82, 2.24) is 9.89 Å². The highest BCUT2D eigenvalue weighted by Gasteiger charge is 2.18. The van der Waals surface area contributed by atoms with E-state index in [-0.39, 0.29) is 12.4 Å². The van der Waals surface area contributed by atoms with Crippen molar-refractivity contribution in [3.8, 4) is 5.75 Å². The Morgan fingerprint density at radius 2 is 2.05 bits per heavy atom. The van der Waals surface area contributed by atoms with Gasteiger partial charge in [-0.15, -0.1) is 4.79 Å². The molecule has 1 aromatic carbocycles. The molecule has 2 rings (SSSR count). The minimum Gasteiger partial charge on any atom is -0.490 e. The number of hydrogen-bond acceptors (Lipinski definition) is 5. The Balaban J connectivity index is 2.13. The molecule has 0 aliphatic heterocycles. The van der Waals surface area contributed by atoms with Crippen molar-refractivity contribution in [2.45, 2.75) is 6.61 Å². The molecular weight excluding hydrogens is 354 g/mol. The van der Waals surface area contributed by atoms with E-state index >= 15 is 0 Å². The molecule has 116 valence electrons. The molecule has 0 radical (unpaired) electrons. The van der Waals surface area contributed by atoms with Crippen LogP contribution in [-0.4, -0.2) is 30.1 Å². The molecule has 22 heavy (non-hydrogen) atoms. The van der Waals surface area contributed by atoms with Gasteiger partial charge in [-0.1, -0.05) is 30.3 Å². The van der Waals surface area contributed by atoms with Crippen molar-refractivity contribution in [3.05, 3.63) is 56.9 Å². The van der Waals surface area contributed by atoms with Crippen LogP contribution in [0.4, 0.5) is 4.79 Å². The second-order valence-corrected chi connectivity index (χ2v) is 5.14. The van der Waals surface area contributed by atoms with E-state index in [0.717, 1.165) is 15.4 Å². The van der Waals surface area contributed by atoms with Gasteiger partial charge in [-0.3, -0.25) is 4.79 Å². The summed E-state index contributed by atoms with van der Waals surface area (Å²) in [6.45, 7) is 0.104. The van der Waals surface area contributed by atoms with Gasteiger partial charge >= 0.3 is 11.7 Å². The summed E-state index contributed by atoms with van der Waals surface area (Å²) in [4.78, 5) is 25.0. The number of hydrogen-bond donors (Lipinski definition) is 0. The Morgan fingerprint density at radius 1 is 1.36 bits per heavy atom. The average Bonchev–Trinajstić information content (AvgIpc) is 2.53. The Bertz CT molecular complexity index is 718. The summed E-state index contributed by atoms with van der Waals surface area (Å²) in [6, 6.07) is 9.23. The molecule has 0 unspecified atom stereocenters. The van der Waals surface area contributed by atoms with Crippen LogP contribution in [-0.2, 0) is 11.3 Å². The maximum absolute atomic E-state index is 12.1. The molecule has 2 aromatic rings. The van der Waals surface area contributed by atoms with Crippen LogP contribution in [0.15, 0.2) is 45.8 Å². The highest BCUT2D eigenvalue weighted by atomic mass is 79.9. The van der Waals surface area contributed by atoms with E-state index in [9.17, 15) is 9.59 Å². The molecule has 0 fully saturated rings. The normalized spacial score (nSPS) is 10.1. The molecule has 0 saturated heterocycles. The van der Waals surface area contributed by atoms with E-state index in [2.05, 4.69) is 21.0 Å². The Hall–Kier alpha value is -2.35. The van der Waals surface area contributed by atoms with E-state index < -0.39 is 11.7 Å². The van der Waals surface area contributed by atoms with E-state index in [0.29, 0.717) is 4.47 Å². The summed E-state index contributed by atoms with van der Waals surface area (Å²) in [5.74, 6) is 0.0534. The van der Waals surface area contributed by atoms with Gasteiger partial charge < -0.3 is 9.47 Å². The Labute approximate surface area is 135 Å². The standard InChI is InChI=1S/C14H14BrN3O4/c1-17(14(20)22-9-10-6-4-3-5-7-10)18-13(19)12(21-2)11(15)8-16-18/h3-8H,9H2,1-2H3. The van der Waals surface area contributed by atoms with E-state index in [1.807, 2.05) is 30.3 Å². The highest BCUT2D eigenvalue weighted by molar-refractivity contribution is 9.10. The number of ether oxygens (including phenoxy) is 2. The van der Waals surface area contributed by atoms with E-state index in [1.54, 1.807) is 0 Å². The van der Waals surface area contributed by atoms with E-state index in [1.165, 1.54) is 20.4 Å². The van der Waals surface area contributed by atoms with Gasteiger partial charge in [-0.05, 0) is 21.5 Å². The number of carbonyl (C=O) groups excluding carboxylic acids is 1. The first-order valence-corrected chi connectivity index (χ1v) is 7.10. The van der Waals surface area contributed by atoms with Crippen LogP contribution < -0.4 is 15.3 Å². The summed E-state index contributed by atoms with van der Waals surface area (Å²) in [5.41, 5.74) is 0.272. The van der Waals surface area contributed by atoms with Crippen molar-refractivity contribution in [3.63, 3.8) is 0 Å². The topological polar surface area (TPSA) is 73.7 Å². The molecule has 1 amide bonds. The van der Waals surface area contributed by atoms with Gasteiger partial charge in [0.15, 0.2) is 0 Å². The predicted molar refractivity (Wildman–Crippen MR) is 83.5 cm³/mol. The molecule has 0 aliphatic carbocycles. The van der Waals surface area contributed by atoms with Crippen LogP contribution in [0.2, 0.25) is 0 Å². The fraction of sp³-hybridized carbons (Fsp3) is 0.214. The fourth-order valence-corrected chi connectivity index (χ4v) is 2.12. The van der Waals surface area contributed by atoms with Crippen molar-refractivity contribution in [1.29, 1.82) is 0 Å². The largest absolute Gasteiger partial charge is 0.490 e. The monoisotopic (exact) mass is 367 g/mol. The lowest BCUT2D eigenvalue weighted by Crippen LogP contribution is -2.45. The van der Waals surface area contributed by atoms with Gasteiger partial charge in [0.05, 0.1) is 17.8 Å². The SMILES string of the molecule is COc1c(Br)cnn(N(C)C(=O)OCc2ccccc2)c1=O. The van der Waals surface area contributed by atoms with Gasteiger partial charge in [0.2, 0.25) is 5.75 Å². The van der Waals surface area contributed by atoms with Gasteiger partial charge in [-0.25, -0.2) is 4.79 Å². The molecule has 7 nitrogen and oxygen atoms in total. The van der Waals surface area contributed by atoms with Crippen LogP contribution in [0.5, 0.6) is 5.75 Å².